The number of pyridine rings is 2. The summed E-state index contributed by atoms with van der Waals surface area (Å²) in [5, 5.41) is 7.79. The van der Waals surface area contributed by atoms with Crippen LogP contribution in [0.5, 0.6) is 0 Å². The van der Waals surface area contributed by atoms with Gasteiger partial charge in [-0.2, -0.15) is 0 Å². The molecule has 0 atom stereocenters. The minimum Gasteiger partial charge on any atom is -0.465 e. The summed E-state index contributed by atoms with van der Waals surface area (Å²) in [7, 11) is 4.89. The van der Waals surface area contributed by atoms with Gasteiger partial charge >= 0.3 is 23.9 Å². The summed E-state index contributed by atoms with van der Waals surface area (Å²) in [4.78, 5) is 101. The Morgan fingerprint density at radius 2 is 0.769 bits per heavy atom. The smallest absolute Gasteiger partial charge is 0.344 e. The first-order valence-corrected chi connectivity index (χ1v) is 27.7. The van der Waals surface area contributed by atoms with Crippen LogP contribution in [0.3, 0.4) is 0 Å². The third-order valence-corrected chi connectivity index (χ3v) is 16.1. The van der Waals surface area contributed by atoms with Gasteiger partial charge < -0.3 is 38.4 Å². The fourth-order valence-electron chi connectivity index (χ4n) is 12.2. The Morgan fingerprint density at radius 3 is 1.12 bits per heavy atom. The molecule has 10 rings (SSSR count). The van der Waals surface area contributed by atoms with Gasteiger partial charge in [0.25, 0.3) is 11.8 Å². The molecular weight excluding hydrogens is 997 g/mol. The second-order valence-electron chi connectivity index (χ2n) is 21.0. The van der Waals surface area contributed by atoms with E-state index in [1.807, 2.05) is 24.3 Å². The number of fused-ring (bicyclic) bond motifs is 2. The van der Waals surface area contributed by atoms with Gasteiger partial charge in [0.15, 0.2) is 0 Å². The normalized spacial score (nSPS) is 16.8. The van der Waals surface area contributed by atoms with Gasteiger partial charge in [0.05, 0.1) is 62.0 Å². The highest BCUT2D eigenvalue weighted by Crippen LogP contribution is 2.44. The van der Waals surface area contributed by atoms with Crippen LogP contribution in [0.1, 0.15) is 191 Å². The highest BCUT2D eigenvalue weighted by atomic mass is 16.5. The van der Waals surface area contributed by atoms with Crippen molar-refractivity contribution in [1.82, 2.24) is 9.97 Å². The average molecular weight is 1070 g/mol. The molecular formula is C60H68N6O12. The molecule has 4 aliphatic carbocycles. The van der Waals surface area contributed by atoms with E-state index in [0.29, 0.717) is 47.5 Å². The van der Waals surface area contributed by atoms with Crippen LogP contribution in [-0.4, -0.2) is 98.3 Å². The summed E-state index contributed by atoms with van der Waals surface area (Å²) in [5.41, 5.74) is 1.08. The monoisotopic (exact) mass is 1060 g/mol. The maximum atomic E-state index is 16.0. The first kappa shape index (κ1) is 53.6. The van der Waals surface area contributed by atoms with Crippen LogP contribution in [0.15, 0.2) is 69.5 Å². The van der Waals surface area contributed by atoms with E-state index >= 15 is 9.59 Å². The van der Waals surface area contributed by atoms with Crippen LogP contribution in [0.2, 0.25) is 0 Å². The number of amides is 2. The zero-order valence-electron chi connectivity index (χ0n) is 44.9. The molecule has 2 N–H and O–H groups in total. The number of benzene rings is 2. The summed E-state index contributed by atoms with van der Waals surface area (Å²) in [6.07, 6.45) is 16.8. The summed E-state index contributed by atoms with van der Waals surface area (Å²) in [6, 6.07) is 16.7. The van der Waals surface area contributed by atoms with Crippen molar-refractivity contribution in [2.24, 2.45) is 0 Å². The predicted molar refractivity (Wildman–Crippen MR) is 294 cm³/mol. The molecule has 2 aromatic carbocycles. The lowest BCUT2D eigenvalue weighted by atomic mass is 9.92. The molecule has 4 heterocycles. The lowest BCUT2D eigenvalue weighted by molar-refractivity contribution is 0.0557. The van der Waals surface area contributed by atoms with Crippen molar-refractivity contribution in [3.8, 4) is 11.4 Å². The number of furan rings is 2. The summed E-state index contributed by atoms with van der Waals surface area (Å²) in [5.74, 6) is -4.61. The molecule has 6 aromatic rings. The van der Waals surface area contributed by atoms with Gasteiger partial charge in [0.1, 0.15) is 22.3 Å². The van der Waals surface area contributed by atoms with Gasteiger partial charge in [0, 0.05) is 34.9 Å². The molecule has 2 amide bonds. The summed E-state index contributed by atoms with van der Waals surface area (Å²) in [6.45, 7) is 0. The number of nitrogens with zero attached hydrogens (tertiary/aromatic N) is 4. The molecule has 4 fully saturated rings. The van der Waals surface area contributed by atoms with Crippen LogP contribution in [0.4, 0.5) is 23.5 Å². The molecule has 18 heteroatoms. The number of nitrogens with one attached hydrogen (secondary N) is 2. The van der Waals surface area contributed by atoms with Crippen molar-refractivity contribution in [2.75, 3.05) is 48.9 Å². The third-order valence-electron chi connectivity index (χ3n) is 16.1. The fraction of sp³-hybridized carbons (Fsp3) is 0.467. The van der Waals surface area contributed by atoms with Gasteiger partial charge in [-0.1, -0.05) is 113 Å². The molecule has 0 radical (unpaired) electrons. The maximum absolute atomic E-state index is 16.0. The lowest BCUT2D eigenvalue weighted by Gasteiger charge is -2.33. The van der Waals surface area contributed by atoms with Crippen LogP contribution in [0, 0.1) is 0 Å². The molecule has 0 spiro atoms. The second-order valence-corrected chi connectivity index (χ2v) is 21.0. The number of anilines is 4. The number of carbonyl (C=O) groups excluding carboxylic acids is 6. The highest BCUT2D eigenvalue weighted by Gasteiger charge is 2.43. The van der Waals surface area contributed by atoms with E-state index in [1.54, 1.807) is 36.4 Å². The van der Waals surface area contributed by atoms with Crippen molar-refractivity contribution in [3.05, 3.63) is 94.0 Å². The Morgan fingerprint density at radius 1 is 0.449 bits per heavy atom. The van der Waals surface area contributed by atoms with E-state index < -0.39 is 47.8 Å². The second kappa shape index (κ2) is 23.9. The number of ether oxygens (including phenoxy) is 4. The number of methoxy groups -OCH3 is 4. The van der Waals surface area contributed by atoms with E-state index in [4.69, 9.17) is 37.7 Å². The maximum Gasteiger partial charge on any atom is 0.344 e. The molecule has 410 valence electrons. The molecule has 0 bridgehead atoms. The third kappa shape index (κ3) is 10.6. The Kier molecular flexibility index (Phi) is 16.4. The molecule has 4 saturated carbocycles. The number of esters is 4. The Balaban J connectivity index is 1.14. The number of aromatic nitrogens is 2. The fourth-order valence-corrected chi connectivity index (χ4v) is 12.2. The van der Waals surface area contributed by atoms with Crippen LogP contribution < -0.4 is 20.4 Å². The summed E-state index contributed by atoms with van der Waals surface area (Å²) < 4.78 is 34.5. The van der Waals surface area contributed by atoms with Crippen molar-refractivity contribution in [3.63, 3.8) is 0 Å². The van der Waals surface area contributed by atoms with E-state index in [0.717, 1.165) is 103 Å². The topological polar surface area (TPSA) is 222 Å². The van der Waals surface area contributed by atoms with E-state index in [9.17, 15) is 19.2 Å². The quantitative estimate of drug-likeness (QED) is 0.0721. The van der Waals surface area contributed by atoms with Crippen molar-refractivity contribution in [2.45, 2.75) is 153 Å². The molecule has 78 heavy (non-hydrogen) atoms. The molecule has 0 saturated heterocycles. The molecule has 18 nitrogen and oxygen atoms in total. The summed E-state index contributed by atoms with van der Waals surface area (Å²) >= 11 is 0. The van der Waals surface area contributed by atoms with Gasteiger partial charge in [-0.25, -0.2) is 29.1 Å². The van der Waals surface area contributed by atoms with Crippen molar-refractivity contribution >= 4 is 81.0 Å². The number of carbonyl (C=O) groups is 6. The largest absolute Gasteiger partial charge is 0.465 e. The zero-order valence-corrected chi connectivity index (χ0v) is 44.9. The predicted octanol–water partition coefficient (Wildman–Crippen LogP) is 12.2. The minimum atomic E-state index is -0.869. The van der Waals surface area contributed by atoms with Crippen LogP contribution in [-0.2, 0) is 18.9 Å². The van der Waals surface area contributed by atoms with Gasteiger partial charge in [-0.3, -0.25) is 19.4 Å². The Hall–Kier alpha value is -7.76. The molecule has 0 unspecified atom stereocenters. The van der Waals surface area contributed by atoms with E-state index in [2.05, 4.69) is 10.6 Å². The average Bonchev–Trinajstić information content (AvgIpc) is 4.07. The standard InChI is InChI=1S/C60H68N6O12/c1-73-57(69)47-49(59(71)75-3)55(77-51(47)61-35-21-9-5-10-22-35)65(37-25-13-7-14-26-37)53(67)41-33-45(63-43-31-19-17-29-39(41)43)46-34-42(40-30-18-20-32-44(40)64-46)54(68)66(38-27-15-8-16-28-38)56-50(60(72)76-4)48(58(70)74-2)52(78-56)62-36-23-11-6-12-24-36/h17-20,29-38,61-62H,5-16,21-28H2,1-4H3. The lowest BCUT2D eigenvalue weighted by Crippen LogP contribution is -2.42. The van der Waals surface area contributed by atoms with Gasteiger partial charge in [-0.05, 0) is 75.6 Å². The number of hydrogen-bond acceptors (Lipinski definition) is 16. The Bertz CT molecular complexity index is 3020. The first-order chi connectivity index (χ1) is 38.0. The molecule has 4 aromatic heterocycles. The van der Waals surface area contributed by atoms with E-state index in [1.165, 1.54) is 38.2 Å². The Labute approximate surface area is 452 Å². The number of rotatable bonds is 15. The number of para-hydroxylation sites is 2. The zero-order chi connectivity index (χ0) is 54.5. The van der Waals surface area contributed by atoms with Gasteiger partial charge in [0.2, 0.25) is 23.5 Å². The van der Waals surface area contributed by atoms with Gasteiger partial charge in [-0.15, -0.1) is 0 Å². The SMILES string of the molecule is COC(=O)c1c(NC2CCCCC2)oc(N(C(=O)c2cc(-c3cc(C(=O)N(c4oc(NC5CCCCC5)c(C(=O)OC)c4C(=O)OC)C4CCCCC4)c4ccccc4n3)nc3ccccc23)C2CCCCC2)c1C(=O)OC. The van der Waals surface area contributed by atoms with Crippen LogP contribution >= 0.6 is 0 Å². The van der Waals surface area contributed by atoms with E-state index in [-0.39, 0.29) is 80.4 Å². The first-order valence-electron chi connectivity index (χ1n) is 27.7. The molecule has 4 aliphatic rings. The number of hydrogen-bond donors (Lipinski definition) is 2. The van der Waals surface area contributed by atoms with Crippen LogP contribution in [0.25, 0.3) is 33.2 Å². The highest BCUT2D eigenvalue weighted by molar-refractivity contribution is 6.20. The minimum absolute atomic E-state index is 0.0318. The van der Waals surface area contributed by atoms with Crippen molar-refractivity contribution in [1.29, 1.82) is 0 Å². The van der Waals surface area contributed by atoms with Crippen molar-refractivity contribution < 1.29 is 56.5 Å². The molecule has 0 aliphatic heterocycles.